The van der Waals surface area contributed by atoms with E-state index in [9.17, 15) is 5.11 Å². The Morgan fingerprint density at radius 3 is 2.71 bits per heavy atom. The molecule has 2 aromatic carbocycles. The number of aromatic nitrogens is 2. The highest BCUT2D eigenvalue weighted by Gasteiger charge is 2.10. The lowest BCUT2D eigenvalue weighted by molar-refractivity contribution is 0.423. The SMILES string of the molecule is Oc1ccccc1-c1nc(/C=C/c2cccc(Cl)c2)no1. The van der Waals surface area contributed by atoms with Gasteiger partial charge in [-0.2, -0.15) is 4.98 Å². The number of phenolic OH excluding ortho intramolecular Hbond substituents is 1. The standard InChI is InChI=1S/C16H11ClN2O2/c17-12-5-3-4-11(10-12)8-9-15-18-16(21-19-15)13-6-1-2-7-14(13)20/h1-10,20H/b9-8+. The van der Waals surface area contributed by atoms with Gasteiger partial charge in [-0.25, -0.2) is 0 Å². The van der Waals surface area contributed by atoms with Crippen molar-refractivity contribution in [1.82, 2.24) is 10.1 Å². The Morgan fingerprint density at radius 2 is 1.90 bits per heavy atom. The first-order valence-electron chi connectivity index (χ1n) is 6.28. The van der Waals surface area contributed by atoms with Crippen LogP contribution in [-0.4, -0.2) is 15.2 Å². The molecule has 1 aromatic heterocycles. The van der Waals surface area contributed by atoms with Crippen molar-refractivity contribution in [2.45, 2.75) is 0 Å². The van der Waals surface area contributed by atoms with Gasteiger partial charge in [-0.15, -0.1) is 0 Å². The second-order valence-electron chi connectivity index (χ2n) is 4.36. The predicted octanol–water partition coefficient (Wildman–Crippen LogP) is 4.27. The summed E-state index contributed by atoms with van der Waals surface area (Å²) in [5.41, 5.74) is 1.45. The number of para-hydroxylation sites is 1. The van der Waals surface area contributed by atoms with Crippen LogP contribution in [-0.2, 0) is 0 Å². The quantitative estimate of drug-likeness (QED) is 0.784. The minimum atomic E-state index is 0.103. The first kappa shape index (κ1) is 13.4. The molecular formula is C16H11ClN2O2. The van der Waals surface area contributed by atoms with Crippen molar-refractivity contribution in [2.24, 2.45) is 0 Å². The molecule has 0 atom stereocenters. The highest BCUT2D eigenvalue weighted by Crippen LogP contribution is 2.27. The number of halogens is 1. The predicted molar refractivity (Wildman–Crippen MR) is 81.8 cm³/mol. The molecule has 0 amide bonds. The lowest BCUT2D eigenvalue weighted by atomic mass is 10.2. The molecule has 4 nitrogen and oxygen atoms in total. The number of aromatic hydroxyl groups is 1. The van der Waals surface area contributed by atoms with Gasteiger partial charge in [0.2, 0.25) is 0 Å². The average Bonchev–Trinajstić information content (AvgIpc) is 2.94. The van der Waals surface area contributed by atoms with Gasteiger partial charge in [-0.3, -0.25) is 0 Å². The normalized spacial score (nSPS) is 11.1. The smallest absolute Gasteiger partial charge is 0.261 e. The van der Waals surface area contributed by atoms with Crippen LogP contribution < -0.4 is 0 Å². The van der Waals surface area contributed by atoms with Crippen LogP contribution in [0.4, 0.5) is 0 Å². The molecule has 0 aliphatic carbocycles. The zero-order chi connectivity index (χ0) is 14.7. The zero-order valence-electron chi connectivity index (χ0n) is 10.9. The lowest BCUT2D eigenvalue weighted by Gasteiger charge is -1.96. The van der Waals surface area contributed by atoms with E-state index < -0.39 is 0 Å². The largest absolute Gasteiger partial charge is 0.507 e. The van der Waals surface area contributed by atoms with Crippen molar-refractivity contribution < 1.29 is 9.63 Å². The van der Waals surface area contributed by atoms with Gasteiger partial charge in [0, 0.05) is 5.02 Å². The first-order valence-corrected chi connectivity index (χ1v) is 6.66. The number of benzene rings is 2. The molecule has 3 aromatic rings. The van der Waals surface area contributed by atoms with Gasteiger partial charge in [0.05, 0.1) is 5.56 Å². The minimum absolute atomic E-state index is 0.103. The number of hydrogen-bond donors (Lipinski definition) is 1. The summed E-state index contributed by atoms with van der Waals surface area (Å²) in [5, 5.41) is 14.3. The molecule has 0 aliphatic heterocycles. The summed E-state index contributed by atoms with van der Waals surface area (Å²) in [5.74, 6) is 0.804. The van der Waals surface area contributed by atoms with Crippen LogP contribution >= 0.6 is 11.6 Å². The second-order valence-corrected chi connectivity index (χ2v) is 4.80. The van der Waals surface area contributed by atoms with Crippen molar-refractivity contribution in [1.29, 1.82) is 0 Å². The summed E-state index contributed by atoms with van der Waals surface area (Å²) < 4.78 is 5.15. The van der Waals surface area contributed by atoms with Crippen LogP contribution in [0.15, 0.2) is 53.1 Å². The Kier molecular flexibility index (Phi) is 3.71. The molecule has 3 rings (SSSR count). The summed E-state index contributed by atoms with van der Waals surface area (Å²) >= 11 is 5.92. The molecule has 104 valence electrons. The van der Waals surface area contributed by atoms with Crippen molar-refractivity contribution in [2.75, 3.05) is 0 Å². The summed E-state index contributed by atoms with van der Waals surface area (Å²) in [6, 6.07) is 14.2. The molecule has 0 radical (unpaired) electrons. The Labute approximate surface area is 126 Å². The Balaban J connectivity index is 1.84. The topological polar surface area (TPSA) is 59.2 Å². The van der Waals surface area contributed by atoms with E-state index in [2.05, 4.69) is 10.1 Å². The maximum absolute atomic E-state index is 9.75. The van der Waals surface area contributed by atoms with E-state index in [1.54, 1.807) is 30.3 Å². The van der Waals surface area contributed by atoms with Crippen LogP contribution in [0.25, 0.3) is 23.6 Å². The molecular weight excluding hydrogens is 288 g/mol. The Morgan fingerprint density at radius 1 is 1.05 bits per heavy atom. The molecule has 1 N–H and O–H groups in total. The van der Waals surface area contributed by atoms with Crippen LogP contribution in [0.3, 0.4) is 0 Å². The molecule has 0 fully saturated rings. The summed E-state index contributed by atoms with van der Waals surface area (Å²) in [4.78, 5) is 4.22. The fraction of sp³-hybridized carbons (Fsp3) is 0. The van der Waals surface area contributed by atoms with Gasteiger partial charge in [0.25, 0.3) is 5.89 Å². The number of phenols is 1. The maximum atomic E-state index is 9.75. The average molecular weight is 299 g/mol. The molecule has 0 bridgehead atoms. The molecule has 5 heteroatoms. The van der Waals surface area contributed by atoms with Gasteiger partial charge < -0.3 is 9.63 Å². The van der Waals surface area contributed by atoms with Gasteiger partial charge in [-0.1, -0.05) is 47.1 Å². The van der Waals surface area contributed by atoms with Crippen LogP contribution in [0, 0.1) is 0 Å². The van der Waals surface area contributed by atoms with E-state index >= 15 is 0 Å². The number of nitrogens with zero attached hydrogens (tertiary/aromatic N) is 2. The van der Waals surface area contributed by atoms with Crippen molar-refractivity contribution in [3.8, 4) is 17.2 Å². The Hall–Kier alpha value is -2.59. The molecule has 0 saturated heterocycles. The fourth-order valence-corrected chi connectivity index (χ4v) is 2.05. The third-order valence-electron chi connectivity index (χ3n) is 2.85. The molecule has 0 aliphatic rings. The van der Waals surface area contributed by atoms with Crippen molar-refractivity contribution >= 4 is 23.8 Å². The highest BCUT2D eigenvalue weighted by molar-refractivity contribution is 6.30. The van der Waals surface area contributed by atoms with Gasteiger partial charge >= 0.3 is 0 Å². The van der Waals surface area contributed by atoms with Gasteiger partial charge in [-0.05, 0) is 35.9 Å². The lowest BCUT2D eigenvalue weighted by Crippen LogP contribution is -1.79. The maximum Gasteiger partial charge on any atom is 0.261 e. The molecule has 0 spiro atoms. The van der Waals surface area contributed by atoms with E-state index in [1.165, 1.54) is 0 Å². The highest BCUT2D eigenvalue weighted by atomic mass is 35.5. The van der Waals surface area contributed by atoms with Gasteiger partial charge in [0.1, 0.15) is 5.75 Å². The summed E-state index contributed by atoms with van der Waals surface area (Å²) in [7, 11) is 0. The number of hydrogen-bond acceptors (Lipinski definition) is 4. The molecule has 1 heterocycles. The van der Waals surface area contributed by atoms with Crippen molar-refractivity contribution in [3.63, 3.8) is 0 Å². The van der Waals surface area contributed by atoms with E-state index in [4.69, 9.17) is 16.1 Å². The Bertz CT molecular complexity index is 796. The van der Waals surface area contributed by atoms with E-state index in [0.29, 0.717) is 16.4 Å². The van der Waals surface area contributed by atoms with Gasteiger partial charge in [0.15, 0.2) is 5.82 Å². The fourth-order valence-electron chi connectivity index (χ4n) is 1.85. The summed E-state index contributed by atoms with van der Waals surface area (Å²) in [6.07, 6.45) is 3.56. The monoisotopic (exact) mass is 298 g/mol. The number of rotatable bonds is 3. The third kappa shape index (κ3) is 3.12. The van der Waals surface area contributed by atoms with E-state index in [-0.39, 0.29) is 11.6 Å². The molecule has 21 heavy (non-hydrogen) atoms. The van der Waals surface area contributed by atoms with E-state index in [0.717, 1.165) is 5.56 Å². The molecule has 0 unspecified atom stereocenters. The second kappa shape index (κ2) is 5.81. The third-order valence-corrected chi connectivity index (χ3v) is 3.08. The van der Waals surface area contributed by atoms with Crippen molar-refractivity contribution in [3.05, 3.63) is 64.9 Å². The minimum Gasteiger partial charge on any atom is -0.507 e. The first-order chi connectivity index (χ1) is 10.2. The zero-order valence-corrected chi connectivity index (χ0v) is 11.7. The van der Waals surface area contributed by atoms with E-state index in [1.807, 2.05) is 30.3 Å². The molecule has 0 saturated carbocycles. The van der Waals surface area contributed by atoms with Crippen LogP contribution in [0.5, 0.6) is 5.75 Å². The van der Waals surface area contributed by atoms with Crippen LogP contribution in [0.2, 0.25) is 5.02 Å². The summed E-state index contributed by atoms with van der Waals surface area (Å²) in [6.45, 7) is 0. The van der Waals surface area contributed by atoms with Crippen LogP contribution in [0.1, 0.15) is 11.4 Å².